The van der Waals surface area contributed by atoms with Crippen LogP contribution in [-0.2, 0) is 4.79 Å². The Kier molecular flexibility index (Phi) is 2.65. The molecule has 1 N–H and O–H groups in total. The fraction of sp³-hybridized carbons (Fsp3) is 0.333. The molecule has 0 spiro atoms. The first-order chi connectivity index (χ1) is 5.72. The number of nitrogens with one attached hydrogen (secondary N) is 1. The highest BCUT2D eigenvalue weighted by Gasteiger charge is 2.05. The summed E-state index contributed by atoms with van der Waals surface area (Å²) in [6.07, 6.45) is 5.00. The average molecular weight is 162 g/mol. The lowest BCUT2D eigenvalue weighted by Gasteiger charge is -2.10. The maximum atomic E-state index is 10.6. The van der Waals surface area contributed by atoms with Gasteiger partial charge in [-0.15, -0.1) is 0 Å². The van der Waals surface area contributed by atoms with Crippen molar-refractivity contribution in [2.75, 3.05) is 0 Å². The Hall–Kier alpha value is -1.56. The Morgan fingerprint density at radius 3 is 2.75 bits per heavy atom. The normalized spacial score (nSPS) is 15.7. The van der Waals surface area contributed by atoms with Gasteiger partial charge in [-0.05, 0) is 25.0 Å². The number of carbonyl (C=O) groups is 1. The van der Waals surface area contributed by atoms with Crippen molar-refractivity contribution in [3.63, 3.8) is 0 Å². The molecule has 0 aromatic heterocycles. The summed E-state index contributed by atoms with van der Waals surface area (Å²) >= 11 is 0. The van der Waals surface area contributed by atoms with Gasteiger partial charge in [0.1, 0.15) is 0 Å². The lowest BCUT2D eigenvalue weighted by atomic mass is 10.0. The highest BCUT2D eigenvalue weighted by Crippen LogP contribution is 2.15. The second-order valence-electron chi connectivity index (χ2n) is 2.68. The lowest BCUT2D eigenvalue weighted by molar-refractivity contribution is -0.118. The zero-order chi connectivity index (χ0) is 8.97. The Labute approximate surface area is 71.4 Å². The van der Waals surface area contributed by atoms with E-state index in [1.54, 1.807) is 12.2 Å². The SMILES string of the molecule is CC(=O)NC1=CC=C(C#N)CC1. The Balaban J connectivity index is 2.61. The predicted octanol–water partition coefficient (Wildman–Crippen LogP) is 1.25. The summed E-state index contributed by atoms with van der Waals surface area (Å²) in [7, 11) is 0. The number of nitrogens with zero attached hydrogens (tertiary/aromatic N) is 1. The molecule has 0 radical (unpaired) electrons. The topological polar surface area (TPSA) is 52.9 Å². The van der Waals surface area contributed by atoms with Crippen molar-refractivity contribution in [2.45, 2.75) is 19.8 Å². The first-order valence-electron chi connectivity index (χ1n) is 3.80. The van der Waals surface area contributed by atoms with Crippen molar-refractivity contribution in [3.8, 4) is 6.07 Å². The summed E-state index contributed by atoms with van der Waals surface area (Å²) in [6.45, 7) is 1.48. The predicted molar refractivity (Wildman–Crippen MR) is 44.8 cm³/mol. The Morgan fingerprint density at radius 1 is 1.58 bits per heavy atom. The van der Waals surface area contributed by atoms with E-state index in [4.69, 9.17) is 5.26 Å². The van der Waals surface area contributed by atoms with Crippen LogP contribution < -0.4 is 5.32 Å². The Morgan fingerprint density at radius 2 is 2.33 bits per heavy atom. The molecule has 0 saturated carbocycles. The second kappa shape index (κ2) is 3.72. The number of nitriles is 1. The molecular weight excluding hydrogens is 152 g/mol. The van der Waals surface area contributed by atoms with Gasteiger partial charge in [0.15, 0.2) is 0 Å². The first-order valence-corrected chi connectivity index (χ1v) is 3.80. The van der Waals surface area contributed by atoms with Crippen LogP contribution in [-0.4, -0.2) is 5.91 Å². The van der Waals surface area contributed by atoms with E-state index < -0.39 is 0 Å². The van der Waals surface area contributed by atoms with Crippen LogP contribution in [0.15, 0.2) is 23.4 Å². The number of hydrogen-bond acceptors (Lipinski definition) is 2. The molecule has 1 aliphatic rings. The standard InChI is InChI=1S/C9H10N2O/c1-7(12)11-9-4-2-8(6-10)3-5-9/h2,4H,3,5H2,1H3,(H,11,12). The van der Waals surface area contributed by atoms with Gasteiger partial charge in [0.05, 0.1) is 6.07 Å². The molecule has 12 heavy (non-hydrogen) atoms. The molecule has 3 nitrogen and oxygen atoms in total. The summed E-state index contributed by atoms with van der Waals surface area (Å²) < 4.78 is 0. The van der Waals surface area contributed by atoms with Gasteiger partial charge in [-0.25, -0.2) is 0 Å². The van der Waals surface area contributed by atoms with Gasteiger partial charge >= 0.3 is 0 Å². The van der Waals surface area contributed by atoms with Crippen LogP contribution in [0.2, 0.25) is 0 Å². The molecule has 0 fully saturated rings. The number of rotatable bonds is 1. The summed E-state index contributed by atoms with van der Waals surface area (Å²) in [5, 5.41) is 11.2. The van der Waals surface area contributed by atoms with Crippen molar-refractivity contribution in [3.05, 3.63) is 23.4 Å². The van der Waals surface area contributed by atoms with E-state index in [2.05, 4.69) is 11.4 Å². The highest BCUT2D eigenvalue weighted by atomic mass is 16.1. The highest BCUT2D eigenvalue weighted by molar-refractivity contribution is 5.75. The van der Waals surface area contributed by atoms with Crippen LogP contribution >= 0.6 is 0 Å². The molecule has 0 aromatic rings. The van der Waals surface area contributed by atoms with Crippen LogP contribution in [0.1, 0.15) is 19.8 Å². The molecular formula is C9H10N2O. The van der Waals surface area contributed by atoms with E-state index in [0.29, 0.717) is 0 Å². The molecule has 1 aliphatic carbocycles. The minimum absolute atomic E-state index is 0.0601. The van der Waals surface area contributed by atoms with Crippen LogP contribution in [0.4, 0.5) is 0 Å². The van der Waals surface area contributed by atoms with Gasteiger partial charge in [-0.3, -0.25) is 4.79 Å². The Bertz CT molecular complexity index is 294. The molecule has 1 rings (SSSR count). The van der Waals surface area contributed by atoms with Crippen LogP contribution in [0.5, 0.6) is 0 Å². The van der Waals surface area contributed by atoms with Gasteiger partial charge in [0, 0.05) is 18.2 Å². The average Bonchev–Trinajstić information content (AvgIpc) is 2.05. The summed E-state index contributed by atoms with van der Waals surface area (Å²) in [5.41, 5.74) is 1.66. The number of allylic oxidation sites excluding steroid dienone is 4. The zero-order valence-corrected chi connectivity index (χ0v) is 6.92. The minimum Gasteiger partial charge on any atom is -0.330 e. The maximum absolute atomic E-state index is 10.6. The molecule has 1 amide bonds. The lowest BCUT2D eigenvalue weighted by Crippen LogP contribution is -2.19. The fourth-order valence-electron chi connectivity index (χ4n) is 1.06. The van der Waals surface area contributed by atoms with Gasteiger partial charge in [-0.2, -0.15) is 5.26 Å². The van der Waals surface area contributed by atoms with Crippen molar-refractivity contribution in [2.24, 2.45) is 0 Å². The summed E-state index contributed by atoms with van der Waals surface area (Å²) in [4.78, 5) is 10.6. The smallest absolute Gasteiger partial charge is 0.220 e. The molecule has 0 unspecified atom stereocenters. The summed E-state index contributed by atoms with van der Waals surface area (Å²) in [6, 6.07) is 2.08. The van der Waals surface area contributed by atoms with E-state index in [0.717, 1.165) is 24.1 Å². The van der Waals surface area contributed by atoms with Crippen molar-refractivity contribution >= 4 is 5.91 Å². The van der Waals surface area contributed by atoms with Crippen molar-refractivity contribution in [1.29, 1.82) is 5.26 Å². The number of hydrogen-bond donors (Lipinski definition) is 1. The molecule has 3 heteroatoms. The van der Waals surface area contributed by atoms with Gasteiger partial charge in [0.2, 0.25) is 5.91 Å². The van der Waals surface area contributed by atoms with E-state index in [1.165, 1.54) is 6.92 Å². The van der Waals surface area contributed by atoms with E-state index >= 15 is 0 Å². The molecule has 0 saturated heterocycles. The van der Waals surface area contributed by atoms with E-state index in [1.807, 2.05) is 0 Å². The van der Waals surface area contributed by atoms with Crippen molar-refractivity contribution < 1.29 is 4.79 Å². The van der Waals surface area contributed by atoms with Gasteiger partial charge in [0.25, 0.3) is 0 Å². The fourth-order valence-corrected chi connectivity index (χ4v) is 1.06. The quantitative estimate of drug-likeness (QED) is 0.630. The van der Waals surface area contributed by atoms with Crippen LogP contribution in [0, 0.1) is 11.3 Å². The van der Waals surface area contributed by atoms with E-state index in [-0.39, 0.29) is 5.91 Å². The van der Waals surface area contributed by atoms with Crippen molar-refractivity contribution in [1.82, 2.24) is 5.32 Å². The van der Waals surface area contributed by atoms with Crippen LogP contribution in [0.3, 0.4) is 0 Å². The largest absolute Gasteiger partial charge is 0.330 e. The minimum atomic E-state index is -0.0601. The molecule has 0 aromatic carbocycles. The second-order valence-corrected chi connectivity index (χ2v) is 2.68. The summed E-state index contributed by atoms with van der Waals surface area (Å²) in [5.74, 6) is -0.0601. The molecule has 62 valence electrons. The monoisotopic (exact) mass is 162 g/mol. The first kappa shape index (κ1) is 8.54. The number of amides is 1. The van der Waals surface area contributed by atoms with E-state index in [9.17, 15) is 4.79 Å². The molecule has 0 bridgehead atoms. The van der Waals surface area contributed by atoms with Crippen LogP contribution in [0.25, 0.3) is 0 Å². The zero-order valence-electron chi connectivity index (χ0n) is 6.92. The molecule has 0 aliphatic heterocycles. The third kappa shape index (κ3) is 2.24. The number of carbonyl (C=O) groups excluding carboxylic acids is 1. The van der Waals surface area contributed by atoms with Gasteiger partial charge < -0.3 is 5.32 Å². The third-order valence-electron chi connectivity index (χ3n) is 1.63. The third-order valence-corrected chi connectivity index (χ3v) is 1.63. The van der Waals surface area contributed by atoms with Gasteiger partial charge in [-0.1, -0.05) is 0 Å². The maximum Gasteiger partial charge on any atom is 0.220 e. The molecule has 0 atom stereocenters. The molecule has 0 heterocycles.